The summed E-state index contributed by atoms with van der Waals surface area (Å²) in [5, 5.41) is 10.6. The van der Waals surface area contributed by atoms with Gasteiger partial charge in [-0.3, -0.25) is 37.3 Å². The zero-order valence-electron chi connectivity index (χ0n) is 60.0. The summed E-state index contributed by atoms with van der Waals surface area (Å²) in [7, 11) is -9.91. The first-order valence-corrected chi connectivity index (χ1v) is 40.8. The summed E-state index contributed by atoms with van der Waals surface area (Å²) in [5.74, 6) is -0.812. The minimum absolute atomic E-state index is 0.0988. The molecule has 0 amide bonds. The molecule has 5 atom stereocenters. The van der Waals surface area contributed by atoms with Crippen LogP contribution in [0.2, 0.25) is 0 Å². The molecule has 17 nitrogen and oxygen atoms in total. The average Bonchev–Trinajstić information content (AvgIpc) is 3.02. The highest BCUT2D eigenvalue weighted by Crippen LogP contribution is 2.45. The van der Waals surface area contributed by atoms with Crippen LogP contribution >= 0.6 is 15.6 Å². The van der Waals surface area contributed by atoms with Crippen LogP contribution in [-0.4, -0.2) is 96.7 Å². The molecule has 0 aliphatic carbocycles. The van der Waals surface area contributed by atoms with Gasteiger partial charge in [0.25, 0.3) is 0 Å². The largest absolute Gasteiger partial charge is 0.472 e. The van der Waals surface area contributed by atoms with E-state index in [0.29, 0.717) is 37.5 Å². The van der Waals surface area contributed by atoms with Crippen LogP contribution in [0, 0.1) is 11.8 Å². The number of hydrogen-bond donors (Lipinski definition) is 3. The SMILES string of the molecule is CCCCCC/C=C\C=C/CCCCCCCC(=O)OC[C@H](COP(=O)(O)OC[C@@H](O)COP(=O)(O)OC[C@@H](COC(=O)CCCCCCCCC(C)C)OC(=O)CCCCCCCCC(C)C)OC(=O)CCCCCCCCCCCCCCCCCCCCCC. The maximum atomic E-state index is 13.1. The molecule has 0 spiro atoms. The highest BCUT2D eigenvalue weighted by molar-refractivity contribution is 7.47. The van der Waals surface area contributed by atoms with E-state index >= 15 is 0 Å². The molecule has 93 heavy (non-hydrogen) atoms. The molecule has 0 aromatic carbocycles. The summed E-state index contributed by atoms with van der Waals surface area (Å²) in [4.78, 5) is 72.5. The first-order chi connectivity index (χ1) is 44.9. The number of phosphoric ester groups is 2. The molecule has 2 unspecified atom stereocenters. The second-order valence-corrected chi connectivity index (χ2v) is 29.9. The number of carbonyl (C=O) groups is 4. The van der Waals surface area contributed by atoms with Gasteiger partial charge >= 0.3 is 39.5 Å². The third-order valence-electron chi connectivity index (χ3n) is 16.6. The van der Waals surface area contributed by atoms with E-state index in [1.807, 2.05) is 0 Å². The van der Waals surface area contributed by atoms with Crippen molar-refractivity contribution in [3.05, 3.63) is 24.3 Å². The van der Waals surface area contributed by atoms with Crippen LogP contribution in [0.3, 0.4) is 0 Å². The Morgan fingerprint density at radius 2 is 0.581 bits per heavy atom. The summed E-state index contributed by atoms with van der Waals surface area (Å²) >= 11 is 0. The number of allylic oxidation sites excluding steroid dienone is 4. The maximum Gasteiger partial charge on any atom is 0.472 e. The second kappa shape index (κ2) is 65.5. The Bertz CT molecular complexity index is 1900. The average molecular weight is 1360 g/mol. The fourth-order valence-corrected chi connectivity index (χ4v) is 12.3. The van der Waals surface area contributed by atoms with Gasteiger partial charge in [0.05, 0.1) is 26.4 Å². The Labute approximate surface area is 567 Å². The lowest BCUT2D eigenvalue weighted by molar-refractivity contribution is -0.161. The second-order valence-electron chi connectivity index (χ2n) is 27.0. The standard InChI is InChI=1S/C74H140O17P2/c1-7-9-11-13-15-17-19-21-23-24-25-26-27-29-31-33-35-37-46-52-58-73(78)90-69(62-84-71(76)56-50-44-36-34-32-30-28-22-20-18-16-14-12-10-8-2)64-88-92(80,81)86-60-68(75)61-87-93(82,83)89-65-70(91-74(79)59-53-47-41-39-43-49-55-67(5)6)63-85-72(77)57-51-45-40-38-42-48-54-66(3)4/h18,20,22,28,66-70,75H,7-17,19,21,23-27,29-65H2,1-6H3,(H,80,81)(H,82,83)/b20-18-,28-22-/t68-,69-,70-/m1/s1. The lowest BCUT2D eigenvalue weighted by Gasteiger charge is -2.21. The molecule has 0 radical (unpaired) electrons. The van der Waals surface area contributed by atoms with Crippen LogP contribution in [0.4, 0.5) is 0 Å². The van der Waals surface area contributed by atoms with Gasteiger partial charge in [0, 0.05) is 25.7 Å². The van der Waals surface area contributed by atoms with Crippen molar-refractivity contribution in [3.63, 3.8) is 0 Å². The van der Waals surface area contributed by atoms with Crippen LogP contribution in [0.1, 0.15) is 356 Å². The molecule has 3 N–H and O–H groups in total. The van der Waals surface area contributed by atoms with Crippen molar-refractivity contribution < 1.29 is 80.2 Å². The van der Waals surface area contributed by atoms with E-state index in [-0.39, 0.29) is 25.7 Å². The summed E-state index contributed by atoms with van der Waals surface area (Å²) in [5.41, 5.74) is 0. The summed E-state index contributed by atoms with van der Waals surface area (Å²) in [6, 6.07) is 0. The van der Waals surface area contributed by atoms with E-state index in [0.717, 1.165) is 116 Å². The van der Waals surface area contributed by atoms with Gasteiger partial charge in [0.2, 0.25) is 0 Å². The van der Waals surface area contributed by atoms with E-state index in [1.165, 1.54) is 148 Å². The third-order valence-corrected chi connectivity index (χ3v) is 18.5. The Hall–Kier alpha value is -2.46. The van der Waals surface area contributed by atoms with Crippen LogP contribution in [0.5, 0.6) is 0 Å². The van der Waals surface area contributed by atoms with Crippen molar-refractivity contribution in [1.29, 1.82) is 0 Å². The van der Waals surface area contributed by atoms with Gasteiger partial charge in [0.1, 0.15) is 19.3 Å². The number of hydrogen-bond acceptors (Lipinski definition) is 15. The molecule has 0 saturated heterocycles. The maximum absolute atomic E-state index is 13.1. The van der Waals surface area contributed by atoms with Crippen molar-refractivity contribution in [1.82, 2.24) is 0 Å². The molecule has 0 aromatic rings. The number of esters is 4. The first kappa shape index (κ1) is 90.5. The van der Waals surface area contributed by atoms with Gasteiger partial charge in [-0.05, 0) is 63.2 Å². The molecule has 0 aromatic heterocycles. The number of phosphoric acid groups is 2. The van der Waals surface area contributed by atoms with Gasteiger partial charge in [-0.2, -0.15) is 0 Å². The lowest BCUT2D eigenvalue weighted by Crippen LogP contribution is -2.30. The zero-order valence-corrected chi connectivity index (χ0v) is 61.8. The predicted molar refractivity (Wildman–Crippen MR) is 377 cm³/mol. The van der Waals surface area contributed by atoms with Gasteiger partial charge < -0.3 is 33.8 Å². The number of aliphatic hydroxyl groups is 1. The Morgan fingerprint density at radius 1 is 0.333 bits per heavy atom. The van der Waals surface area contributed by atoms with Gasteiger partial charge in [-0.25, -0.2) is 9.13 Å². The topological polar surface area (TPSA) is 237 Å². The fraction of sp³-hybridized carbons (Fsp3) is 0.892. The monoisotopic (exact) mass is 1360 g/mol. The smallest absolute Gasteiger partial charge is 0.462 e. The number of unbranched alkanes of at least 4 members (excludes halogenated alkanes) is 38. The predicted octanol–water partition coefficient (Wildman–Crippen LogP) is 21.1. The lowest BCUT2D eigenvalue weighted by atomic mass is 10.0. The van der Waals surface area contributed by atoms with Crippen molar-refractivity contribution >= 4 is 39.5 Å². The number of carbonyl (C=O) groups excluding carboxylic acids is 4. The van der Waals surface area contributed by atoms with E-state index < -0.39 is 97.5 Å². The van der Waals surface area contributed by atoms with Crippen molar-refractivity contribution in [2.24, 2.45) is 11.8 Å². The molecular formula is C74H140O17P2. The molecule has 0 aliphatic rings. The molecule has 0 saturated carbocycles. The van der Waals surface area contributed by atoms with E-state index in [2.05, 4.69) is 65.8 Å². The first-order valence-electron chi connectivity index (χ1n) is 37.8. The van der Waals surface area contributed by atoms with E-state index in [4.69, 9.17) is 37.0 Å². The number of aliphatic hydroxyl groups excluding tert-OH is 1. The Kier molecular flexibility index (Phi) is 63.7. The zero-order chi connectivity index (χ0) is 68.6. The van der Waals surface area contributed by atoms with E-state index in [1.54, 1.807) is 0 Å². The summed E-state index contributed by atoms with van der Waals surface area (Å²) < 4.78 is 68.3. The molecule has 0 bridgehead atoms. The third kappa shape index (κ3) is 67.9. The quantitative estimate of drug-likeness (QED) is 0.0169. The van der Waals surface area contributed by atoms with Crippen molar-refractivity contribution in [2.45, 2.75) is 374 Å². The number of ether oxygens (including phenoxy) is 4. The number of rotatable bonds is 71. The molecule has 19 heteroatoms. The highest BCUT2D eigenvalue weighted by Gasteiger charge is 2.30. The minimum Gasteiger partial charge on any atom is -0.462 e. The van der Waals surface area contributed by atoms with Gasteiger partial charge in [-0.1, -0.05) is 303 Å². The molecular weight excluding hydrogens is 1220 g/mol. The van der Waals surface area contributed by atoms with Crippen LogP contribution in [0.15, 0.2) is 24.3 Å². The van der Waals surface area contributed by atoms with Gasteiger partial charge in [0.15, 0.2) is 12.2 Å². The fourth-order valence-electron chi connectivity index (χ4n) is 10.8. The van der Waals surface area contributed by atoms with Crippen LogP contribution in [0.25, 0.3) is 0 Å². The van der Waals surface area contributed by atoms with Crippen molar-refractivity contribution in [2.75, 3.05) is 39.6 Å². The van der Waals surface area contributed by atoms with Crippen LogP contribution in [-0.2, 0) is 65.4 Å². The molecule has 0 rings (SSSR count). The van der Waals surface area contributed by atoms with Gasteiger partial charge in [-0.15, -0.1) is 0 Å². The molecule has 0 fully saturated rings. The highest BCUT2D eigenvalue weighted by atomic mass is 31.2. The van der Waals surface area contributed by atoms with E-state index in [9.17, 15) is 43.2 Å². The Balaban J connectivity index is 5.22. The molecule has 548 valence electrons. The normalized spacial score (nSPS) is 14.2. The summed E-state index contributed by atoms with van der Waals surface area (Å²) in [6.07, 6.45) is 55.5. The minimum atomic E-state index is -4.96. The molecule has 0 heterocycles. The van der Waals surface area contributed by atoms with Crippen molar-refractivity contribution in [3.8, 4) is 0 Å². The molecule has 0 aliphatic heterocycles. The summed E-state index contributed by atoms with van der Waals surface area (Å²) in [6.45, 7) is 9.32. The Morgan fingerprint density at radius 3 is 0.882 bits per heavy atom. The van der Waals surface area contributed by atoms with Crippen LogP contribution < -0.4 is 0 Å².